The Labute approximate surface area is 130 Å². The van der Waals surface area contributed by atoms with Crippen molar-refractivity contribution in [2.24, 2.45) is 0 Å². The minimum absolute atomic E-state index is 0.0294. The van der Waals surface area contributed by atoms with E-state index in [1.165, 1.54) is 18.4 Å². The lowest BCUT2D eigenvalue weighted by Gasteiger charge is -2.21. The molecule has 4 nitrogen and oxygen atoms in total. The number of benzene rings is 1. The molecule has 4 heteroatoms. The second-order valence-corrected chi connectivity index (χ2v) is 6.52. The zero-order valence-corrected chi connectivity index (χ0v) is 12.8. The van der Waals surface area contributed by atoms with Crippen molar-refractivity contribution in [2.45, 2.75) is 44.3 Å². The van der Waals surface area contributed by atoms with Gasteiger partial charge in [-0.05, 0) is 43.4 Å². The zero-order valence-electron chi connectivity index (χ0n) is 12.8. The average Bonchev–Trinajstić information content (AvgIpc) is 3.23. The van der Waals surface area contributed by atoms with Crippen molar-refractivity contribution >= 4 is 6.03 Å². The molecule has 0 saturated carbocycles. The van der Waals surface area contributed by atoms with Gasteiger partial charge in [0.25, 0.3) is 0 Å². The third-order valence-electron chi connectivity index (χ3n) is 4.89. The highest BCUT2D eigenvalue weighted by Crippen LogP contribution is 2.28. The van der Waals surface area contributed by atoms with Crippen molar-refractivity contribution in [1.29, 1.82) is 0 Å². The number of rotatable bonds is 2. The summed E-state index contributed by atoms with van der Waals surface area (Å²) < 4.78 is 1.66. The van der Waals surface area contributed by atoms with Gasteiger partial charge in [-0.15, -0.1) is 0 Å². The molecular formula is C18H21N3O. The van der Waals surface area contributed by atoms with Gasteiger partial charge in [-0.1, -0.05) is 29.8 Å². The van der Waals surface area contributed by atoms with E-state index in [0.29, 0.717) is 12.1 Å². The highest BCUT2D eigenvalue weighted by Gasteiger charge is 2.39. The summed E-state index contributed by atoms with van der Waals surface area (Å²) in [5.41, 5.74) is 3.45. The molecular weight excluding hydrogens is 274 g/mol. The van der Waals surface area contributed by atoms with E-state index in [0.717, 1.165) is 17.5 Å². The van der Waals surface area contributed by atoms with E-state index in [1.54, 1.807) is 4.57 Å². The molecule has 3 heterocycles. The van der Waals surface area contributed by atoms with Crippen LogP contribution in [-0.2, 0) is 0 Å². The molecule has 1 amide bonds. The van der Waals surface area contributed by atoms with Gasteiger partial charge in [0.2, 0.25) is 0 Å². The molecule has 114 valence electrons. The third-order valence-corrected chi connectivity index (χ3v) is 4.89. The van der Waals surface area contributed by atoms with Crippen LogP contribution in [0.25, 0.3) is 11.1 Å². The molecule has 3 unspecified atom stereocenters. The summed E-state index contributed by atoms with van der Waals surface area (Å²) >= 11 is 0. The Morgan fingerprint density at radius 1 is 1.27 bits per heavy atom. The fourth-order valence-electron chi connectivity index (χ4n) is 3.74. The lowest BCUT2D eigenvalue weighted by atomic mass is 9.96. The first-order valence-corrected chi connectivity index (χ1v) is 8.01. The van der Waals surface area contributed by atoms with Gasteiger partial charge >= 0.3 is 6.03 Å². The van der Waals surface area contributed by atoms with Crippen molar-refractivity contribution in [3.05, 3.63) is 48.3 Å². The fraction of sp³-hybridized carbons (Fsp3) is 0.389. The van der Waals surface area contributed by atoms with Crippen LogP contribution in [0.15, 0.2) is 42.7 Å². The first kappa shape index (κ1) is 13.6. The Morgan fingerprint density at radius 3 is 2.91 bits per heavy atom. The first-order valence-electron chi connectivity index (χ1n) is 8.01. The summed E-state index contributed by atoms with van der Waals surface area (Å²) in [7, 11) is 0. The van der Waals surface area contributed by atoms with Crippen LogP contribution >= 0.6 is 0 Å². The summed E-state index contributed by atoms with van der Waals surface area (Å²) in [5, 5.41) is 6.71. The van der Waals surface area contributed by atoms with Gasteiger partial charge in [0.05, 0.1) is 0 Å². The summed E-state index contributed by atoms with van der Waals surface area (Å²) in [6.45, 7) is 2.08. The maximum absolute atomic E-state index is 12.4. The molecule has 4 rings (SSSR count). The number of hydrogen-bond acceptors (Lipinski definition) is 2. The minimum Gasteiger partial charge on any atom is -0.333 e. The Hall–Kier alpha value is -2.07. The molecule has 2 aromatic rings. The predicted molar refractivity (Wildman–Crippen MR) is 86.9 cm³/mol. The maximum Gasteiger partial charge on any atom is 0.325 e. The van der Waals surface area contributed by atoms with Crippen LogP contribution in [0.5, 0.6) is 0 Å². The van der Waals surface area contributed by atoms with Gasteiger partial charge in [-0.3, -0.25) is 4.57 Å². The molecule has 2 bridgehead atoms. The standard InChI is InChI=1S/C18H21N3O/c1-12-3-2-4-13(9-12)14-7-8-21(11-14)18(22)20-17-10-15-5-6-16(17)19-15/h2-4,7-9,11,15-17,19H,5-6,10H2,1H3,(H,20,22). The number of aromatic nitrogens is 1. The maximum atomic E-state index is 12.4. The zero-order chi connectivity index (χ0) is 15.1. The predicted octanol–water partition coefficient (Wildman–Crippen LogP) is 2.91. The summed E-state index contributed by atoms with van der Waals surface area (Å²) in [6.07, 6.45) is 7.23. The van der Waals surface area contributed by atoms with Gasteiger partial charge < -0.3 is 10.6 Å². The van der Waals surface area contributed by atoms with E-state index in [4.69, 9.17) is 0 Å². The summed E-state index contributed by atoms with van der Waals surface area (Å²) in [5.74, 6) is 0. The van der Waals surface area contributed by atoms with Crippen LogP contribution in [0.3, 0.4) is 0 Å². The Bertz CT molecular complexity index is 706. The molecule has 0 radical (unpaired) electrons. The van der Waals surface area contributed by atoms with Crippen LogP contribution in [0.1, 0.15) is 24.8 Å². The summed E-state index contributed by atoms with van der Waals surface area (Å²) in [4.78, 5) is 12.4. The number of aryl methyl sites for hydroxylation is 1. The van der Waals surface area contributed by atoms with Crippen LogP contribution < -0.4 is 10.6 Å². The molecule has 1 aromatic heterocycles. The molecule has 2 aliphatic rings. The van der Waals surface area contributed by atoms with Crippen LogP contribution in [0.2, 0.25) is 0 Å². The van der Waals surface area contributed by atoms with Crippen LogP contribution in [0, 0.1) is 6.92 Å². The van der Waals surface area contributed by atoms with Crippen molar-refractivity contribution in [3.63, 3.8) is 0 Å². The Morgan fingerprint density at radius 2 is 2.18 bits per heavy atom. The van der Waals surface area contributed by atoms with E-state index in [1.807, 2.05) is 24.5 Å². The van der Waals surface area contributed by atoms with Crippen molar-refractivity contribution in [1.82, 2.24) is 15.2 Å². The lowest BCUT2D eigenvalue weighted by Crippen LogP contribution is -2.44. The molecule has 2 N–H and O–H groups in total. The van der Waals surface area contributed by atoms with Gasteiger partial charge in [-0.25, -0.2) is 4.79 Å². The van der Waals surface area contributed by atoms with Gasteiger partial charge in [0.1, 0.15) is 0 Å². The molecule has 2 fully saturated rings. The number of carbonyl (C=O) groups excluding carboxylic acids is 1. The van der Waals surface area contributed by atoms with E-state index in [9.17, 15) is 4.79 Å². The second-order valence-electron chi connectivity index (χ2n) is 6.52. The van der Waals surface area contributed by atoms with E-state index < -0.39 is 0 Å². The normalized spacial score (nSPS) is 26.3. The van der Waals surface area contributed by atoms with Gasteiger partial charge in [0.15, 0.2) is 0 Å². The molecule has 2 saturated heterocycles. The number of nitrogens with zero attached hydrogens (tertiary/aromatic N) is 1. The van der Waals surface area contributed by atoms with Gasteiger partial charge in [0, 0.05) is 30.5 Å². The second kappa shape index (κ2) is 5.29. The molecule has 22 heavy (non-hydrogen) atoms. The third kappa shape index (κ3) is 2.44. The molecule has 0 spiro atoms. The van der Waals surface area contributed by atoms with Crippen LogP contribution in [-0.4, -0.2) is 28.7 Å². The number of amides is 1. The van der Waals surface area contributed by atoms with Crippen molar-refractivity contribution in [2.75, 3.05) is 0 Å². The summed E-state index contributed by atoms with van der Waals surface area (Å²) in [6, 6.07) is 11.6. The van der Waals surface area contributed by atoms with E-state index in [-0.39, 0.29) is 12.1 Å². The van der Waals surface area contributed by atoms with E-state index in [2.05, 4.69) is 35.8 Å². The van der Waals surface area contributed by atoms with Crippen LogP contribution in [0.4, 0.5) is 4.79 Å². The molecule has 0 aliphatic carbocycles. The number of nitrogens with one attached hydrogen (secondary N) is 2. The highest BCUT2D eigenvalue weighted by atomic mass is 16.2. The fourth-order valence-corrected chi connectivity index (χ4v) is 3.74. The largest absolute Gasteiger partial charge is 0.333 e. The highest BCUT2D eigenvalue weighted by molar-refractivity contribution is 5.79. The quantitative estimate of drug-likeness (QED) is 0.895. The Kier molecular flexibility index (Phi) is 3.26. The lowest BCUT2D eigenvalue weighted by molar-refractivity contribution is 0.236. The van der Waals surface area contributed by atoms with Crippen molar-refractivity contribution in [3.8, 4) is 11.1 Å². The Balaban J connectivity index is 1.48. The molecule has 1 aromatic carbocycles. The number of fused-ring (bicyclic) bond motifs is 2. The monoisotopic (exact) mass is 295 g/mol. The molecule has 2 aliphatic heterocycles. The number of hydrogen-bond donors (Lipinski definition) is 2. The molecule has 3 atom stereocenters. The minimum atomic E-state index is -0.0294. The van der Waals surface area contributed by atoms with Gasteiger partial charge in [-0.2, -0.15) is 0 Å². The number of carbonyl (C=O) groups is 1. The van der Waals surface area contributed by atoms with Crippen molar-refractivity contribution < 1.29 is 4.79 Å². The topological polar surface area (TPSA) is 46.1 Å². The first-order chi connectivity index (χ1) is 10.7. The SMILES string of the molecule is Cc1cccc(-c2ccn(C(=O)NC3CC4CCC3N4)c2)c1. The average molecular weight is 295 g/mol. The smallest absolute Gasteiger partial charge is 0.325 e. The van der Waals surface area contributed by atoms with E-state index >= 15 is 0 Å².